The summed E-state index contributed by atoms with van der Waals surface area (Å²) in [4.78, 5) is 0. The lowest BCUT2D eigenvalue weighted by atomic mass is 10.2. The third-order valence-electron chi connectivity index (χ3n) is 1.04. The van der Waals surface area contributed by atoms with Gasteiger partial charge in [0.15, 0.2) is 0 Å². The quantitative estimate of drug-likeness (QED) is 0.513. The minimum Gasteiger partial charge on any atom is -0.402 e. The second kappa shape index (κ2) is 3.30. The number of rotatable bonds is 1. The molecule has 0 unspecified atom stereocenters. The van der Waals surface area contributed by atoms with Crippen LogP contribution in [0.1, 0.15) is 20.8 Å². The summed E-state index contributed by atoms with van der Waals surface area (Å²) in [7, 11) is 0. The van der Waals surface area contributed by atoms with Gasteiger partial charge in [-0.25, -0.2) is 0 Å². The van der Waals surface area contributed by atoms with Gasteiger partial charge in [-0.05, 0) is 26.3 Å². The molecule has 46 valence electrons. The number of nitrogens with two attached hydrogens (primary N) is 1. The molecule has 0 aliphatic rings. The van der Waals surface area contributed by atoms with Crippen molar-refractivity contribution in [3.8, 4) is 0 Å². The van der Waals surface area contributed by atoms with Crippen LogP contribution >= 0.6 is 0 Å². The Labute approximate surface area is 50.9 Å². The highest BCUT2D eigenvalue weighted by Crippen LogP contribution is 1.96. The first-order chi connectivity index (χ1) is 3.68. The lowest BCUT2D eigenvalue weighted by molar-refractivity contribution is 1.24. The van der Waals surface area contributed by atoms with Crippen molar-refractivity contribution in [1.82, 2.24) is 0 Å². The second-order valence-electron chi connectivity index (χ2n) is 1.87. The van der Waals surface area contributed by atoms with Gasteiger partial charge in [0.2, 0.25) is 0 Å². The standard InChI is InChI=1S/C7H13N/c1-4-5-6(2)7(3)8/h4-5H,8H2,1-3H3/b5-4-,7-6+. The van der Waals surface area contributed by atoms with Crippen molar-refractivity contribution in [2.45, 2.75) is 20.8 Å². The molecule has 2 N–H and O–H groups in total. The van der Waals surface area contributed by atoms with E-state index < -0.39 is 0 Å². The van der Waals surface area contributed by atoms with Crippen molar-refractivity contribution in [1.29, 1.82) is 0 Å². The van der Waals surface area contributed by atoms with E-state index in [9.17, 15) is 0 Å². The Morgan fingerprint density at radius 1 is 1.38 bits per heavy atom. The van der Waals surface area contributed by atoms with Gasteiger partial charge < -0.3 is 5.73 Å². The molecule has 0 aromatic heterocycles. The summed E-state index contributed by atoms with van der Waals surface area (Å²) in [5.74, 6) is 0. The number of hydrogen-bond acceptors (Lipinski definition) is 1. The minimum absolute atomic E-state index is 0.892. The van der Waals surface area contributed by atoms with Crippen LogP contribution in [0.15, 0.2) is 23.4 Å². The molecule has 0 rings (SSSR count). The minimum atomic E-state index is 0.892. The van der Waals surface area contributed by atoms with Gasteiger partial charge in [-0.1, -0.05) is 12.2 Å². The normalized spacial score (nSPS) is 14.4. The molecular formula is C7H13N. The average Bonchev–Trinajstić information content (AvgIpc) is 1.67. The maximum absolute atomic E-state index is 5.45. The van der Waals surface area contributed by atoms with Gasteiger partial charge in [0.05, 0.1) is 0 Å². The van der Waals surface area contributed by atoms with Crippen LogP contribution in [0, 0.1) is 0 Å². The van der Waals surface area contributed by atoms with E-state index in [1.54, 1.807) is 0 Å². The molecule has 0 saturated carbocycles. The van der Waals surface area contributed by atoms with Crippen molar-refractivity contribution in [2.24, 2.45) is 5.73 Å². The fourth-order valence-corrected chi connectivity index (χ4v) is 0.381. The molecule has 0 aromatic carbocycles. The van der Waals surface area contributed by atoms with Gasteiger partial charge in [-0.2, -0.15) is 0 Å². The first-order valence-corrected chi connectivity index (χ1v) is 2.74. The fourth-order valence-electron chi connectivity index (χ4n) is 0.381. The van der Waals surface area contributed by atoms with E-state index in [-0.39, 0.29) is 0 Å². The SMILES string of the molecule is C/C=C\C(C)=C(/C)N. The molecule has 0 aliphatic carbocycles. The Balaban J connectivity index is 4.00. The monoisotopic (exact) mass is 111 g/mol. The molecule has 0 saturated heterocycles. The Bertz CT molecular complexity index is 116. The highest BCUT2D eigenvalue weighted by molar-refractivity contribution is 5.19. The highest BCUT2D eigenvalue weighted by atomic mass is 14.5. The molecule has 0 aliphatic heterocycles. The van der Waals surface area contributed by atoms with Gasteiger partial charge >= 0.3 is 0 Å². The van der Waals surface area contributed by atoms with E-state index in [1.807, 2.05) is 32.9 Å². The zero-order chi connectivity index (χ0) is 6.57. The summed E-state index contributed by atoms with van der Waals surface area (Å²) in [6.45, 7) is 5.87. The fraction of sp³-hybridized carbons (Fsp3) is 0.429. The molecule has 1 nitrogen and oxygen atoms in total. The van der Waals surface area contributed by atoms with E-state index >= 15 is 0 Å². The molecule has 0 atom stereocenters. The number of allylic oxidation sites excluding steroid dienone is 4. The van der Waals surface area contributed by atoms with Crippen LogP contribution in [0.4, 0.5) is 0 Å². The maximum atomic E-state index is 5.45. The molecular weight excluding hydrogens is 98.1 g/mol. The summed E-state index contributed by atoms with van der Waals surface area (Å²) in [5, 5.41) is 0. The third-order valence-corrected chi connectivity index (χ3v) is 1.04. The van der Waals surface area contributed by atoms with Crippen LogP contribution < -0.4 is 5.73 Å². The molecule has 0 heterocycles. The molecule has 0 fully saturated rings. The van der Waals surface area contributed by atoms with Crippen molar-refractivity contribution in [3.05, 3.63) is 23.4 Å². The first-order valence-electron chi connectivity index (χ1n) is 2.74. The lowest BCUT2D eigenvalue weighted by Gasteiger charge is -1.92. The summed E-state index contributed by atoms with van der Waals surface area (Å²) in [6, 6.07) is 0. The Kier molecular flexibility index (Phi) is 3.01. The van der Waals surface area contributed by atoms with Gasteiger partial charge in [0, 0.05) is 5.70 Å². The van der Waals surface area contributed by atoms with Crippen LogP contribution in [0.5, 0.6) is 0 Å². The van der Waals surface area contributed by atoms with E-state index in [2.05, 4.69) is 0 Å². The zero-order valence-corrected chi connectivity index (χ0v) is 5.73. The highest BCUT2D eigenvalue weighted by Gasteiger charge is 1.81. The van der Waals surface area contributed by atoms with Crippen molar-refractivity contribution in [3.63, 3.8) is 0 Å². The van der Waals surface area contributed by atoms with Crippen molar-refractivity contribution in [2.75, 3.05) is 0 Å². The first kappa shape index (κ1) is 7.28. The van der Waals surface area contributed by atoms with E-state index in [0.717, 1.165) is 11.3 Å². The third kappa shape index (κ3) is 2.45. The van der Waals surface area contributed by atoms with Crippen molar-refractivity contribution < 1.29 is 0 Å². The maximum Gasteiger partial charge on any atom is 0.00784 e. The molecule has 0 amide bonds. The Morgan fingerprint density at radius 2 is 1.88 bits per heavy atom. The van der Waals surface area contributed by atoms with Crippen LogP contribution in [-0.4, -0.2) is 0 Å². The lowest BCUT2D eigenvalue weighted by Crippen LogP contribution is -1.92. The van der Waals surface area contributed by atoms with Crippen LogP contribution in [0.3, 0.4) is 0 Å². The summed E-state index contributed by atoms with van der Waals surface area (Å²) < 4.78 is 0. The van der Waals surface area contributed by atoms with Gasteiger partial charge in [0.1, 0.15) is 0 Å². The topological polar surface area (TPSA) is 26.0 Å². The number of hydrogen-bond donors (Lipinski definition) is 1. The smallest absolute Gasteiger partial charge is 0.00784 e. The molecule has 1 heteroatoms. The van der Waals surface area contributed by atoms with Crippen LogP contribution in [0.2, 0.25) is 0 Å². The molecule has 0 aromatic rings. The molecule has 8 heavy (non-hydrogen) atoms. The van der Waals surface area contributed by atoms with E-state index in [4.69, 9.17) is 5.73 Å². The van der Waals surface area contributed by atoms with Crippen LogP contribution in [-0.2, 0) is 0 Å². The molecule has 0 radical (unpaired) electrons. The second-order valence-corrected chi connectivity index (χ2v) is 1.87. The van der Waals surface area contributed by atoms with Gasteiger partial charge in [-0.3, -0.25) is 0 Å². The van der Waals surface area contributed by atoms with Gasteiger partial charge in [-0.15, -0.1) is 0 Å². The predicted molar refractivity (Wildman–Crippen MR) is 37.4 cm³/mol. The molecule has 0 bridgehead atoms. The molecule has 0 spiro atoms. The summed E-state index contributed by atoms with van der Waals surface area (Å²) in [6.07, 6.45) is 3.97. The van der Waals surface area contributed by atoms with Gasteiger partial charge in [0.25, 0.3) is 0 Å². The Morgan fingerprint density at radius 3 is 2.00 bits per heavy atom. The zero-order valence-electron chi connectivity index (χ0n) is 5.73. The summed E-state index contributed by atoms with van der Waals surface area (Å²) in [5.41, 5.74) is 7.49. The predicted octanol–water partition coefficient (Wildman–Crippen LogP) is 1.82. The van der Waals surface area contributed by atoms with Crippen LogP contribution in [0.25, 0.3) is 0 Å². The Hall–Kier alpha value is -0.720. The largest absolute Gasteiger partial charge is 0.402 e. The van der Waals surface area contributed by atoms with E-state index in [0.29, 0.717) is 0 Å². The van der Waals surface area contributed by atoms with E-state index in [1.165, 1.54) is 0 Å². The summed E-state index contributed by atoms with van der Waals surface area (Å²) >= 11 is 0. The average molecular weight is 111 g/mol. The van der Waals surface area contributed by atoms with Crippen molar-refractivity contribution >= 4 is 0 Å².